The van der Waals surface area contributed by atoms with E-state index in [0.717, 1.165) is 17.7 Å². The van der Waals surface area contributed by atoms with Crippen LogP contribution >= 0.6 is 11.6 Å². The zero-order valence-corrected chi connectivity index (χ0v) is 12.0. The predicted octanol–water partition coefficient (Wildman–Crippen LogP) is 3.54. The van der Waals surface area contributed by atoms with Gasteiger partial charge in [-0.2, -0.15) is 0 Å². The Morgan fingerprint density at radius 1 is 1.10 bits per heavy atom. The summed E-state index contributed by atoms with van der Waals surface area (Å²) in [5, 5.41) is 14.7. The van der Waals surface area contributed by atoms with Crippen molar-refractivity contribution in [3.8, 4) is 0 Å². The van der Waals surface area contributed by atoms with Crippen molar-refractivity contribution in [2.45, 2.75) is 24.5 Å². The molecule has 0 bridgehead atoms. The summed E-state index contributed by atoms with van der Waals surface area (Å²) in [4.78, 5) is 0. The highest BCUT2D eigenvalue weighted by molar-refractivity contribution is 6.17. The molecule has 2 aromatic rings. The molecule has 0 radical (unpaired) electrons. The molecule has 20 heavy (non-hydrogen) atoms. The lowest BCUT2D eigenvalue weighted by Crippen LogP contribution is -2.44. The van der Waals surface area contributed by atoms with E-state index in [2.05, 4.69) is 17.4 Å². The predicted molar refractivity (Wildman–Crippen MR) is 83.2 cm³/mol. The summed E-state index contributed by atoms with van der Waals surface area (Å²) in [5.74, 6) is 0.430. The molecule has 2 nitrogen and oxygen atoms in total. The van der Waals surface area contributed by atoms with Crippen LogP contribution in [0.4, 0.5) is 5.69 Å². The van der Waals surface area contributed by atoms with Crippen LogP contribution in [0.2, 0.25) is 0 Å². The van der Waals surface area contributed by atoms with Gasteiger partial charge in [-0.25, -0.2) is 0 Å². The molecule has 0 aliphatic carbocycles. The zero-order valence-electron chi connectivity index (χ0n) is 11.2. The number of nitrogens with one attached hydrogen (secondary N) is 1. The molecule has 3 heteroatoms. The Morgan fingerprint density at radius 2 is 1.80 bits per heavy atom. The molecule has 2 atom stereocenters. The first-order valence-corrected chi connectivity index (χ1v) is 7.46. The van der Waals surface area contributed by atoms with Gasteiger partial charge in [0.1, 0.15) is 5.60 Å². The molecule has 0 aromatic heterocycles. The standard InChI is InChI=1S/C17H18ClNO/c18-11-10-17(20,14-7-2-1-3-8-14)16-12-13-6-4-5-9-15(13)19-16/h1-9,16,19-20H,10-12H2. The van der Waals surface area contributed by atoms with Gasteiger partial charge in [-0.3, -0.25) is 0 Å². The monoisotopic (exact) mass is 287 g/mol. The highest BCUT2D eigenvalue weighted by Crippen LogP contribution is 2.38. The van der Waals surface area contributed by atoms with Crippen LogP contribution in [0, 0.1) is 0 Å². The first-order chi connectivity index (χ1) is 9.74. The van der Waals surface area contributed by atoms with E-state index in [-0.39, 0.29) is 6.04 Å². The second-order valence-corrected chi connectivity index (χ2v) is 5.67. The van der Waals surface area contributed by atoms with Crippen LogP contribution in [0.1, 0.15) is 17.5 Å². The summed E-state index contributed by atoms with van der Waals surface area (Å²) in [5.41, 5.74) is 2.34. The fraction of sp³-hybridized carbons (Fsp3) is 0.294. The van der Waals surface area contributed by atoms with Crippen molar-refractivity contribution in [2.75, 3.05) is 11.2 Å². The molecule has 1 aliphatic heterocycles. The number of alkyl halides is 1. The molecule has 2 aromatic carbocycles. The van der Waals surface area contributed by atoms with Gasteiger partial charge in [0.25, 0.3) is 0 Å². The molecule has 0 fully saturated rings. The molecule has 0 spiro atoms. The third kappa shape index (κ3) is 2.30. The molecular formula is C17H18ClNO. The van der Waals surface area contributed by atoms with E-state index in [1.165, 1.54) is 5.56 Å². The highest BCUT2D eigenvalue weighted by Gasteiger charge is 2.40. The molecule has 1 heterocycles. The number of fused-ring (bicyclic) bond motifs is 1. The van der Waals surface area contributed by atoms with Gasteiger partial charge < -0.3 is 10.4 Å². The van der Waals surface area contributed by atoms with E-state index in [1.54, 1.807) is 0 Å². The minimum absolute atomic E-state index is 0.0407. The number of aliphatic hydroxyl groups is 1. The summed E-state index contributed by atoms with van der Waals surface area (Å²) in [6.45, 7) is 0. The van der Waals surface area contributed by atoms with Crippen molar-refractivity contribution >= 4 is 17.3 Å². The largest absolute Gasteiger partial charge is 0.383 e. The molecule has 0 saturated heterocycles. The molecule has 2 N–H and O–H groups in total. The van der Waals surface area contributed by atoms with Gasteiger partial charge in [0.2, 0.25) is 0 Å². The van der Waals surface area contributed by atoms with Crippen LogP contribution in [0.25, 0.3) is 0 Å². The van der Waals surface area contributed by atoms with Gasteiger partial charge >= 0.3 is 0 Å². The van der Waals surface area contributed by atoms with Gasteiger partial charge in [0, 0.05) is 11.6 Å². The Kier molecular flexibility index (Phi) is 3.68. The smallest absolute Gasteiger partial charge is 0.111 e. The first kappa shape index (κ1) is 13.5. The molecule has 104 valence electrons. The summed E-state index contributed by atoms with van der Waals surface area (Å²) >= 11 is 5.94. The van der Waals surface area contributed by atoms with Gasteiger partial charge in [-0.15, -0.1) is 11.6 Å². The van der Waals surface area contributed by atoms with E-state index >= 15 is 0 Å². The summed E-state index contributed by atoms with van der Waals surface area (Å²) in [6, 6.07) is 18.0. The Hall–Kier alpha value is -1.51. The van der Waals surface area contributed by atoms with Crippen molar-refractivity contribution < 1.29 is 5.11 Å². The quantitative estimate of drug-likeness (QED) is 0.843. The average molecular weight is 288 g/mol. The Bertz CT molecular complexity index is 562. The Morgan fingerprint density at radius 3 is 2.50 bits per heavy atom. The van der Waals surface area contributed by atoms with Crippen LogP contribution in [0.5, 0.6) is 0 Å². The second-order valence-electron chi connectivity index (χ2n) is 5.29. The molecule has 0 saturated carbocycles. The number of rotatable bonds is 4. The second kappa shape index (κ2) is 5.47. The van der Waals surface area contributed by atoms with E-state index in [1.807, 2.05) is 42.5 Å². The van der Waals surface area contributed by atoms with Gasteiger partial charge in [0.15, 0.2) is 0 Å². The van der Waals surface area contributed by atoms with E-state index in [0.29, 0.717) is 12.3 Å². The third-order valence-electron chi connectivity index (χ3n) is 4.10. The fourth-order valence-corrected chi connectivity index (χ4v) is 3.26. The highest BCUT2D eigenvalue weighted by atomic mass is 35.5. The lowest BCUT2D eigenvalue weighted by atomic mass is 9.82. The number of halogens is 1. The normalized spacial score (nSPS) is 20.0. The summed E-state index contributed by atoms with van der Waals surface area (Å²) in [6.07, 6.45) is 1.35. The van der Waals surface area contributed by atoms with Crippen molar-refractivity contribution in [1.82, 2.24) is 0 Å². The molecule has 1 aliphatic rings. The average Bonchev–Trinajstić information content (AvgIpc) is 2.93. The minimum Gasteiger partial charge on any atom is -0.383 e. The molecular weight excluding hydrogens is 270 g/mol. The maximum absolute atomic E-state index is 11.2. The van der Waals surface area contributed by atoms with E-state index in [4.69, 9.17) is 11.6 Å². The summed E-state index contributed by atoms with van der Waals surface area (Å²) < 4.78 is 0. The first-order valence-electron chi connectivity index (χ1n) is 6.92. The fourth-order valence-electron chi connectivity index (χ4n) is 2.98. The molecule has 0 amide bonds. The maximum atomic E-state index is 11.2. The number of para-hydroxylation sites is 1. The maximum Gasteiger partial charge on any atom is 0.111 e. The Labute approximate surface area is 124 Å². The third-order valence-corrected chi connectivity index (χ3v) is 4.29. The number of hydrogen-bond donors (Lipinski definition) is 2. The minimum atomic E-state index is -0.942. The van der Waals surface area contributed by atoms with Crippen LogP contribution in [0.15, 0.2) is 54.6 Å². The van der Waals surface area contributed by atoms with E-state index < -0.39 is 5.60 Å². The number of anilines is 1. The number of benzene rings is 2. The SMILES string of the molecule is OC(CCCl)(c1ccccc1)C1Cc2ccccc2N1. The summed E-state index contributed by atoms with van der Waals surface area (Å²) in [7, 11) is 0. The van der Waals surface area contributed by atoms with Crippen molar-refractivity contribution in [2.24, 2.45) is 0 Å². The van der Waals surface area contributed by atoms with Crippen molar-refractivity contribution in [1.29, 1.82) is 0 Å². The lowest BCUT2D eigenvalue weighted by Gasteiger charge is -2.34. The number of hydrogen-bond acceptors (Lipinski definition) is 2. The van der Waals surface area contributed by atoms with Gasteiger partial charge in [-0.05, 0) is 30.0 Å². The Balaban J connectivity index is 1.93. The van der Waals surface area contributed by atoms with Crippen LogP contribution in [0.3, 0.4) is 0 Å². The van der Waals surface area contributed by atoms with Gasteiger partial charge in [0.05, 0.1) is 6.04 Å². The van der Waals surface area contributed by atoms with E-state index in [9.17, 15) is 5.11 Å². The van der Waals surface area contributed by atoms with Crippen LogP contribution in [-0.2, 0) is 12.0 Å². The van der Waals surface area contributed by atoms with Gasteiger partial charge in [-0.1, -0.05) is 48.5 Å². The topological polar surface area (TPSA) is 32.3 Å². The van der Waals surface area contributed by atoms with Crippen LogP contribution in [-0.4, -0.2) is 17.0 Å². The molecule has 2 unspecified atom stereocenters. The van der Waals surface area contributed by atoms with Crippen LogP contribution < -0.4 is 5.32 Å². The van der Waals surface area contributed by atoms with Crippen molar-refractivity contribution in [3.63, 3.8) is 0 Å². The zero-order chi connectivity index (χ0) is 14.0. The molecule has 3 rings (SSSR count). The van der Waals surface area contributed by atoms with Crippen molar-refractivity contribution in [3.05, 3.63) is 65.7 Å². The lowest BCUT2D eigenvalue weighted by molar-refractivity contribution is 0.0151.